The van der Waals surface area contributed by atoms with Gasteiger partial charge in [0, 0.05) is 20.3 Å². The van der Waals surface area contributed by atoms with Crippen molar-refractivity contribution in [3.05, 3.63) is 18.0 Å². The minimum atomic E-state index is -4.74. The van der Waals surface area contributed by atoms with Crippen molar-refractivity contribution in [1.29, 1.82) is 0 Å². The van der Waals surface area contributed by atoms with Crippen molar-refractivity contribution < 1.29 is 17.1 Å². The van der Waals surface area contributed by atoms with E-state index in [1.807, 2.05) is 0 Å². The predicted molar refractivity (Wildman–Crippen MR) is 47.1 cm³/mol. The summed E-state index contributed by atoms with van der Waals surface area (Å²) in [5, 5.41) is 0. The molecule has 0 aliphatic heterocycles. The Morgan fingerprint density at radius 1 is 1.50 bits per heavy atom. The first-order valence-corrected chi connectivity index (χ1v) is 5.05. The highest BCUT2D eigenvalue weighted by molar-refractivity contribution is 7.86. The SMILES string of the molecule is CN(C)C(=O)c1cc(S(=O)(=O)F)c[nH]1. The molecule has 14 heavy (non-hydrogen) atoms. The van der Waals surface area contributed by atoms with Crippen molar-refractivity contribution in [2.24, 2.45) is 0 Å². The molecule has 0 aliphatic carbocycles. The standard InChI is InChI=1S/C7H9FN2O3S/c1-10(2)7(11)6-3-5(4-9-6)14(8,12)13/h3-4,9H,1-2H3. The first-order valence-electron chi connectivity index (χ1n) is 3.67. The first kappa shape index (κ1) is 10.7. The van der Waals surface area contributed by atoms with E-state index in [4.69, 9.17) is 0 Å². The van der Waals surface area contributed by atoms with E-state index in [9.17, 15) is 17.1 Å². The second-order valence-corrected chi connectivity index (χ2v) is 4.23. The van der Waals surface area contributed by atoms with Crippen molar-refractivity contribution >= 4 is 16.1 Å². The molecule has 0 bridgehead atoms. The summed E-state index contributed by atoms with van der Waals surface area (Å²) in [6.45, 7) is 0. The normalized spacial score (nSPS) is 11.4. The molecule has 1 amide bonds. The van der Waals surface area contributed by atoms with E-state index < -0.39 is 21.0 Å². The van der Waals surface area contributed by atoms with E-state index in [2.05, 4.69) is 4.98 Å². The third kappa shape index (κ3) is 2.11. The molecule has 0 radical (unpaired) electrons. The molecule has 1 aromatic rings. The number of nitrogens with zero attached hydrogens (tertiary/aromatic N) is 1. The van der Waals surface area contributed by atoms with Gasteiger partial charge in [-0.3, -0.25) is 4.79 Å². The van der Waals surface area contributed by atoms with Crippen LogP contribution in [0.2, 0.25) is 0 Å². The average molecular weight is 220 g/mol. The molecular weight excluding hydrogens is 211 g/mol. The monoisotopic (exact) mass is 220 g/mol. The highest BCUT2D eigenvalue weighted by atomic mass is 32.3. The predicted octanol–water partition coefficient (Wildman–Crippen LogP) is 0.375. The Kier molecular flexibility index (Phi) is 2.61. The van der Waals surface area contributed by atoms with Gasteiger partial charge in [-0.1, -0.05) is 0 Å². The summed E-state index contributed by atoms with van der Waals surface area (Å²) >= 11 is 0. The van der Waals surface area contributed by atoms with Gasteiger partial charge in [0.05, 0.1) is 0 Å². The Labute approximate surface area is 80.7 Å². The van der Waals surface area contributed by atoms with Gasteiger partial charge >= 0.3 is 10.2 Å². The summed E-state index contributed by atoms with van der Waals surface area (Å²) in [5.41, 5.74) is 0.0335. The van der Waals surface area contributed by atoms with Crippen LogP contribution in [0.3, 0.4) is 0 Å². The number of hydrogen-bond donors (Lipinski definition) is 1. The summed E-state index contributed by atoms with van der Waals surface area (Å²) < 4.78 is 33.3. The van der Waals surface area contributed by atoms with Gasteiger partial charge in [0.25, 0.3) is 5.91 Å². The Hall–Kier alpha value is -1.37. The zero-order chi connectivity index (χ0) is 10.9. The van der Waals surface area contributed by atoms with Gasteiger partial charge in [0.15, 0.2) is 0 Å². The molecule has 1 rings (SSSR count). The number of rotatable bonds is 2. The third-order valence-corrected chi connectivity index (χ3v) is 2.37. The Morgan fingerprint density at radius 3 is 2.43 bits per heavy atom. The van der Waals surface area contributed by atoms with Crippen LogP contribution in [-0.4, -0.2) is 38.3 Å². The van der Waals surface area contributed by atoms with Crippen LogP contribution in [-0.2, 0) is 10.2 Å². The molecule has 0 saturated carbocycles. The van der Waals surface area contributed by atoms with Crippen LogP contribution in [0.5, 0.6) is 0 Å². The lowest BCUT2D eigenvalue weighted by atomic mass is 10.4. The summed E-state index contributed by atoms with van der Waals surface area (Å²) in [6.07, 6.45) is 0.937. The fourth-order valence-corrected chi connectivity index (χ4v) is 1.34. The molecule has 0 aliphatic rings. The summed E-state index contributed by atoms with van der Waals surface area (Å²) in [5.74, 6) is -0.417. The number of hydrogen-bond acceptors (Lipinski definition) is 3. The molecule has 1 N–H and O–H groups in total. The second-order valence-electron chi connectivity index (χ2n) is 2.89. The zero-order valence-corrected chi connectivity index (χ0v) is 8.43. The largest absolute Gasteiger partial charge is 0.356 e. The molecule has 0 atom stereocenters. The number of halogens is 1. The molecule has 0 spiro atoms. The van der Waals surface area contributed by atoms with Crippen LogP contribution in [0, 0.1) is 0 Å². The topological polar surface area (TPSA) is 70.2 Å². The zero-order valence-electron chi connectivity index (χ0n) is 7.61. The van der Waals surface area contributed by atoms with E-state index in [0.717, 1.165) is 12.3 Å². The van der Waals surface area contributed by atoms with E-state index in [0.29, 0.717) is 0 Å². The van der Waals surface area contributed by atoms with E-state index >= 15 is 0 Å². The van der Waals surface area contributed by atoms with Crippen molar-refractivity contribution in [3.63, 3.8) is 0 Å². The van der Waals surface area contributed by atoms with Gasteiger partial charge in [-0.2, -0.15) is 8.42 Å². The molecular formula is C7H9FN2O3S. The van der Waals surface area contributed by atoms with Crippen LogP contribution in [0.25, 0.3) is 0 Å². The number of nitrogens with one attached hydrogen (secondary N) is 1. The van der Waals surface area contributed by atoms with Crippen LogP contribution in [0.15, 0.2) is 17.2 Å². The van der Waals surface area contributed by atoms with Gasteiger partial charge in [-0.15, -0.1) is 3.89 Å². The van der Waals surface area contributed by atoms with Crippen LogP contribution < -0.4 is 0 Å². The number of amides is 1. The van der Waals surface area contributed by atoms with Crippen molar-refractivity contribution in [1.82, 2.24) is 9.88 Å². The molecule has 0 unspecified atom stereocenters. The number of aromatic nitrogens is 1. The number of aromatic amines is 1. The van der Waals surface area contributed by atoms with E-state index in [1.165, 1.54) is 19.0 Å². The number of H-pyrrole nitrogens is 1. The highest BCUT2D eigenvalue weighted by Gasteiger charge is 2.17. The minimum absolute atomic E-state index is 0.0335. The van der Waals surface area contributed by atoms with Gasteiger partial charge in [-0.25, -0.2) is 0 Å². The molecule has 1 heterocycles. The third-order valence-electron chi connectivity index (χ3n) is 1.57. The maximum absolute atomic E-state index is 12.4. The van der Waals surface area contributed by atoms with Gasteiger partial charge in [0.2, 0.25) is 0 Å². The molecule has 0 saturated heterocycles. The average Bonchev–Trinajstić information content (AvgIpc) is 2.49. The van der Waals surface area contributed by atoms with Gasteiger partial charge < -0.3 is 9.88 Å². The molecule has 5 nitrogen and oxygen atoms in total. The summed E-state index contributed by atoms with van der Waals surface area (Å²) in [4.78, 5) is 14.4. The van der Waals surface area contributed by atoms with Crippen LogP contribution in [0.1, 0.15) is 10.5 Å². The highest BCUT2D eigenvalue weighted by Crippen LogP contribution is 2.13. The van der Waals surface area contributed by atoms with Crippen molar-refractivity contribution in [2.75, 3.05) is 14.1 Å². The fourth-order valence-electron chi connectivity index (χ4n) is 0.880. The van der Waals surface area contributed by atoms with E-state index in [1.54, 1.807) is 0 Å². The maximum Gasteiger partial charge on any atom is 0.333 e. The smallest absolute Gasteiger partial charge is 0.333 e. The lowest BCUT2D eigenvalue weighted by molar-refractivity contribution is 0.0822. The fraction of sp³-hybridized carbons (Fsp3) is 0.286. The van der Waals surface area contributed by atoms with Crippen LogP contribution in [0.4, 0.5) is 3.89 Å². The lowest BCUT2D eigenvalue weighted by Gasteiger charge is -2.07. The summed E-state index contributed by atoms with van der Waals surface area (Å²) in [7, 11) is -1.73. The maximum atomic E-state index is 12.4. The molecule has 0 aromatic carbocycles. The summed E-state index contributed by atoms with van der Waals surface area (Å²) in [6, 6.07) is 0.956. The van der Waals surface area contributed by atoms with Crippen molar-refractivity contribution in [3.8, 4) is 0 Å². The minimum Gasteiger partial charge on any atom is -0.356 e. The quantitative estimate of drug-likeness (QED) is 0.732. The van der Waals surface area contributed by atoms with Gasteiger partial charge in [0.1, 0.15) is 10.6 Å². The van der Waals surface area contributed by atoms with E-state index in [-0.39, 0.29) is 5.69 Å². The molecule has 1 aromatic heterocycles. The molecule has 78 valence electrons. The number of carbonyl (C=O) groups excluding carboxylic acids is 1. The molecule has 7 heteroatoms. The Bertz CT molecular complexity index is 449. The lowest BCUT2D eigenvalue weighted by Crippen LogP contribution is -2.21. The Balaban J connectivity index is 3.07. The first-order chi connectivity index (χ1) is 6.32. The molecule has 0 fully saturated rings. The number of carbonyl (C=O) groups is 1. The van der Waals surface area contributed by atoms with Crippen LogP contribution >= 0.6 is 0 Å². The van der Waals surface area contributed by atoms with Crippen molar-refractivity contribution in [2.45, 2.75) is 4.90 Å². The second kappa shape index (κ2) is 3.41. The Morgan fingerprint density at radius 2 is 2.07 bits per heavy atom. The van der Waals surface area contributed by atoms with Gasteiger partial charge in [-0.05, 0) is 6.07 Å².